The highest BCUT2D eigenvalue weighted by molar-refractivity contribution is 5.89. The van der Waals surface area contributed by atoms with Crippen LogP contribution < -0.4 is 10.6 Å². The van der Waals surface area contributed by atoms with Crippen LogP contribution in [0.4, 0.5) is 10.6 Å². The number of aryl methyl sites for hydroxylation is 2. The molecule has 0 aliphatic carbocycles. The van der Waals surface area contributed by atoms with Gasteiger partial charge in [0.2, 0.25) is 0 Å². The molecular weight excluding hydrogens is 192 g/mol. The zero-order valence-electron chi connectivity index (χ0n) is 7.81. The number of anilines is 1. The summed E-state index contributed by atoms with van der Waals surface area (Å²) < 4.78 is 1.61. The highest BCUT2D eigenvalue weighted by Gasteiger charge is 2.10. The molecule has 6 heteroatoms. The van der Waals surface area contributed by atoms with Gasteiger partial charge in [-0.1, -0.05) is 0 Å². The second-order valence-corrected chi connectivity index (χ2v) is 2.66. The second kappa shape index (κ2) is 4.13. The van der Waals surface area contributed by atoms with Gasteiger partial charge in [-0.15, -0.1) is 12.4 Å². The van der Waals surface area contributed by atoms with E-state index in [9.17, 15) is 4.79 Å². The largest absolute Gasteiger partial charge is 0.351 e. The summed E-state index contributed by atoms with van der Waals surface area (Å²) >= 11 is 0. The summed E-state index contributed by atoms with van der Waals surface area (Å²) in [6.07, 6.45) is 0. The van der Waals surface area contributed by atoms with Gasteiger partial charge in [-0.3, -0.25) is 9.58 Å². The molecule has 74 valence electrons. The predicted molar refractivity (Wildman–Crippen MR) is 53.2 cm³/mol. The molecule has 0 saturated carbocycles. The van der Waals surface area contributed by atoms with Gasteiger partial charge >= 0.3 is 6.03 Å². The molecule has 1 rings (SSSR count). The minimum Gasteiger partial charge on any atom is -0.351 e. The zero-order valence-corrected chi connectivity index (χ0v) is 8.63. The Kier molecular flexibility index (Phi) is 3.74. The van der Waals surface area contributed by atoms with Gasteiger partial charge in [0.15, 0.2) is 0 Å². The molecule has 0 aliphatic heterocycles. The van der Waals surface area contributed by atoms with E-state index in [2.05, 4.69) is 5.10 Å². The number of primary amides is 1. The Balaban J connectivity index is 0.00000144. The normalized spacial score (nSPS) is 9.15. The molecule has 1 aromatic heterocycles. The van der Waals surface area contributed by atoms with Crippen LogP contribution in [-0.2, 0) is 7.05 Å². The van der Waals surface area contributed by atoms with Crippen LogP contribution in [0.2, 0.25) is 0 Å². The number of halogens is 1. The summed E-state index contributed by atoms with van der Waals surface area (Å²) in [5, 5.41) is 4.08. The number of hydrogen-bond acceptors (Lipinski definition) is 2. The maximum absolute atomic E-state index is 10.8. The van der Waals surface area contributed by atoms with Crippen LogP contribution in [-0.4, -0.2) is 22.9 Å². The van der Waals surface area contributed by atoms with Crippen LogP contribution in [0, 0.1) is 6.92 Å². The van der Waals surface area contributed by atoms with Crippen molar-refractivity contribution < 1.29 is 4.79 Å². The van der Waals surface area contributed by atoms with Crippen LogP contribution in [0.5, 0.6) is 0 Å². The van der Waals surface area contributed by atoms with Crippen LogP contribution in [0.15, 0.2) is 6.07 Å². The molecule has 0 bridgehead atoms. The Morgan fingerprint density at radius 1 is 1.69 bits per heavy atom. The third kappa shape index (κ3) is 2.35. The second-order valence-electron chi connectivity index (χ2n) is 2.66. The van der Waals surface area contributed by atoms with Crippen molar-refractivity contribution in [2.24, 2.45) is 12.8 Å². The number of urea groups is 1. The predicted octanol–water partition coefficient (Wildman–Crippen LogP) is 0.665. The van der Waals surface area contributed by atoms with E-state index in [1.54, 1.807) is 24.8 Å². The molecule has 13 heavy (non-hydrogen) atoms. The Bertz CT molecular complexity index is 309. The van der Waals surface area contributed by atoms with Crippen molar-refractivity contribution in [2.45, 2.75) is 6.92 Å². The smallest absolute Gasteiger partial charge is 0.320 e. The molecule has 2 N–H and O–H groups in total. The first kappa shape index (κ1) is 11.8. The Hall–Kier alpha value is -1.23. The minimum atomic E-state index is -0.488. The minimum absolute atomic E-state index is 0. The Morgan fingerprint density at radius 3 is 2.54 bits per heavy atom. The summed E-state index contributed by atoms with van der Waals surface area (Å²) in [6.45, 7) is 1.86. The summed E-state index contributed by atoms with van der Waals surface area (Å²) in [6, 6.07) is 1.31. The maximum Gasteiger partial charge on any atom is 0.320 e. The molecule has 5 nitrogen and oxygen atoms in total. The molecule has 0 fully saturated rings. The van der Waals surface area contributed by atoms with Crippen LogP contribution in [0.1, 0.15) is 5.69 Å². The van der Waals surface area contributed by atoms with Crippen molar-refractivity contribution in [3.05, 3.63) is 11.8 Å². The summed E-state index contributed by atoms with van der Waals surface area (Å²) in [4.78, 5) is 12.1. The number of aromatic nitrogens is 2. The fraction of sp³-hybridized carbons (Fsp3) is 0.429. The van der Waals surface area contributed by atoms with Crippen molar-refractivity contribution in [2.75, 3.05) is 11.9 Å². The first-order valence-corrected chi connectivity index (χ1v) is 3.56. The quantitative estimate of drug-likeness (QED) is 0.731. The summed E-state index contributed by atoms with van der Waals surface area (Å²) in [5.74, 6) is 0.694. The van der Waals surface area contributed by atoms with E-state index in [0.29, 0.717) is 5.82 Å². The van der Waals surface area contributed by atoms with Gasteiger partial charge < -0.3 is 5.73 Å². The SMILES string of the molecule is Cc1cc(N(C)C(N)=O)n(C)n1.Cl. The fourth-order valence-corrected chi connectivity index (χ4v) is 1.02. The monoisotopic (exact) mass is 204 g/mol. The van der Waals surface area contributed by atoms with Crippen molar-refractivity contribution >= 4 is 24.3 Å². The van der Waals surface area contributed by atoms with Crippen LogP contribution in [0.3, 0.4) is 0 Å². The lowest BCUT2D eigenvalue weighted by Crippen LogP contribution is -2.33. The van der Waals surface area contributed by atoms with Crippen molar-refractivity contribution in [1.82, 2.24) is 9.78 Å². The molecule has 2 amide bonds. The van der Waals surface area contributed by atoms with Gasteiger partial charge in [-0.05, 0) is 6.92 Å². The van der Waals surface area contributed by atoms with Gasteiger partial charge in [0.05, 0.1) is 5.69 Å². The standard InChI is InChI=1S/C7H12N4O.ClH/c1-5-4-6(11(3)9-5)10(2)7(8)12;/h4H,1-3H3,(H2,8,12);1H. The van der Waals surface area contributed by atoms with Gasteiger partial charge in [0.1, 0.15) is 5.82 Å². The third-order valence-electron chi connectivity index (χ3n) is 1.65. The molecule has 1 aromatic rings. The van der Waals surface area contributed by atoms with Gasteiger partial charge in [-0.25, -0.2) is 4.79 Å². The van der Waals surface area contributed by atoms with E-state index in [0.717, 1.165) is 5.69 Å². The molecule has 0 radical (unpaired) electrons. The molecule has 0 aliphatic rings. The first-order valence-electron chi connectivity index (χ1n) is 3.56. The molecule has 1 heterocycles. The maximum atomic E-state index is 10.8. The fourth-order valence-electron chi connectivity index (χ4n) is 1.02. The zero-order chi connectivity index (χ0) is 9.30. The van der Waals surface area contributed by atoms with E-state index in [1.807, 2.05) is 6.92 Å². The van der Waals surface area contributed by atoms with E-state index >= 15 is 0 Å². The van der Waals surface area contributed by atoms with E-state index in [1.165, 1.54) is 4.90 Å². The van der Waals surface area contributed by atoms with E-state index in [-0.39, 0.29) is 12.4 Å². The molecule has 0 unspecified atom stereocenters. The van der Waals surface area contributed by atoms with Crippen molar-refractivity contribution in [3.63, 3.8) is 0 Å². The molecule has 0 saturated heterocycles. The number of carbonyl (C=O) groups is 1. The number of carbonyl (C=O) groups excluding carboxylic acids is 1. The number of nitrogens with zero attached hydrogens (tertiary/aromatic N) is 3. The Morgan fingerprint density at radius 2 is 2.23 bits per heavy atom. The van der Waals surface area contributed by atoms with Crippen LogP contribution in [0.25, 0.3) is 0 Å². The summed E-state index contributed by atoms with van der Waals surface area (Å²) in [5.41, 5.74) is 5.95. The van der Waals surface area contributed by atoms with Gasteiger partial charge in [0.25, 0.3) is 0 Å². The van der Waals surface area contributed by atoms with Crippen molar-refractivity contribution in [3.8, 4) is 0 Å². The van der Waals surface area contributed by atoms with Crippen LogP contribution >= 0.6 is 12.4 Å². The molecule has 0 spiro atoms. The van der Waals surface area contributed by atoms with E-state index < -0.39 is 6.03 Å². The highest BCUT2D eigenvalue weighted by atomic mass is 35.5. The van der Waals surface area contributed by atoms with Gasteiger partial charge in [-0.2, -0.15) is 5.10 Å². The third-order valence-corrected chi connectivity index (χ3v) is 1.65. The lowest BCUT2D eigenvalue weighted by Gasteiger charge is -2.12. The molecule has 0 atom stereocenters. The average molecular weight is 205 g/mol. The van der Waals surface area contributed by atoms with E-state index in [4.69, 9.17) is 5.73 Å². The molecule has 0 aromatic carbocycles. The molecular formula is C7H13ClN4O. The lowest BCUT2D eigenvalue weighted by molar-refractivity contribution is 0.254. The van der Waals surface area contributed by atoms with Crippen molar-refractivity contribution in [1.29, 1.82) is 0 Å². The Labute approximate surface area is 82.9 Å². The lowest BCUT2D eigenvalue weighted by atomic mass is 10.4. The topological polar surface area (TPSA) is 64.2 Å². The van der Waals surface area contributed by atoms with Gasteiger partial charge in [0, 0.05) is 20.2 Å². The number of nitrogens with two attached hydrogens (primary N) is 1. The summed E-state index contributed by atoms with van der Waals surface area (Å²) in [7, 11) is 3.38. The number of hydrogen-bond donors (Lipinski definition) is 1. The average Bonchev–Trinajstić information content (AvgIpc) is 2.28. The first-order chi connectivity index (χ1) is 5.52. The highest BCUT2D eigenvalue weighted by Crippen LogP contribution is 2.11. The number of amides is 2. The number of rotatable bonds is 1.